The summed E-state index contributed by atoms with van der Waals surface area (Å²) in [6.45, 7) is 0.0360. The van der Waals surface area contributed by atoms with Crippen LogP contribution in [0.2, 0.25) is 0 Å². The molecule has 2 aromatic heterocycles. The molecule has 0 aliphatic rings. The highest BCUT2D eigenvalue weighted by molar-refractivity contribution is 5.95. The Bertz CT molecular complexity index is 947. The first-order valence-electron chi connectivity index (χ1n) is 8.51. The number of anilines is 1. The number of nitrogens with zero attached hydrogens (tertiary/aromatic N) is 2. The SMILES string of the molecule is O=C(NCCC(=O)N(Cc1ccccn1)c1ccc(F)cc1F)c1ccco1. The van der Waals surface area contributed by atoms with Crippen LogP contribution in [0.15, 0.2) is 65.4 Å². The van der Waals surface area contributed by atoms with Crippen molar-refractivity contribution in [3.05, 3.63) is 84.1 Å². The topological polar surface area (TPSA) is 75.4 Å². The number of carbonyl (C=O) groups is 2. The number of amides is 2. The Kier molecular flexibility index (Phi) is 6.11. The van der Waals surface area contributed by atoms with Crippen LogP contribution >= 0.6 is 0 Å². The minimum atomic E-state index is -0.857. The van der Waals surface area contributed by atoms with E-state index in [0.29, 0.717) is 11.8 Å². The number of halogens is 2. The standard InChI is InChI=1S/C20H17F2N3O3/c21-14-6-7-17(16(22)12-14)25(13-15-4-1-2-9-23-15)19(26)8-10-24-20(27)18-5-3-11-28-18/h1-7,9,11-12H,8,10,13H2,(H,24,27). The quantitative estimate of drug-likeness (QED) is 0.677. The van der Waals surface area contributed by atoms with E-state index in [9.17, 15) is 18.4 Å². The number of pyridine rings is 1. The van der Waals surface area contributed by atoms with Gasteiger partial charge in [0.1, 0.15) is 11.6 Å². The molecule has 1 N–H and O–H groups in total. The van der Waals surface area contributed by atoms with Gasteiger partial charge in [-0.2, -0.15) is 0 Å². The van der Waals surface area contributed by atoms with Crippen LogP contribution < -0.4 is 10.2 Å². The summed E-state index contributed by atoms with van der Waals surface area (Å²) in [5.41, 5.74) is 0.480. The van der Waals surface area contributed by atoms with Gasteiger partial charge in [-0.25, -0.2) is 8.78 Å². The summed E-state index contributed by atoms with van der Waals surface area (Å²) in [5.74, 6) is -2.37. The number of hydrogen-bond acceptors (Lipinski definition) is 4. The van der Waals surface area contributed by atoms with Gasteiger partial charge in [0.25, 0.3) is 5.91 Å². The van der Waals surface area contributed by atoms with Crippen LogP contribution in [0.5, 0.6) is 0 Å². The number of benzene rings is 1. The third-order valence-corrected chi connectivity index (χ3v) is 3.92. The maximum Gasteiger partial charge on any atom is 0.286 e. The van der Waals surface area contributed by atoms with Crippen LogP contribution in [0, 0.1) is 11.6 Å². The third-order valence-electron chi connectivity index (χ3n) is 3.92. The van der Waals surface area contributed by atoms with Crippen LogP contribution in [-0.4, -0.2) is 23.3 Å². The number of aromatic nitrogens is 1. The summed E-state index contributed by atoms with van der Waals surface area (Å²) in [6, 6.07) is 11.2. The van der Waals surface area contributed by atoms with Crippen LogP contribution in [0.1, 0.15) is 22.7 Å². The Hall–Kier alpha value is -3.55. The molecule has 0 atom stereocenters. The molecule has 8 heteroatoms. The average Bonchev–Trinajstić information content (AvgIpc) is 3.22. The van der Waals surface area contributed by atoms with Gasteiger partial charge in [0.2, 0.25) is 5.91 Å². The van der Waals surface area contributed by atoms with E-state index < -0.39 is 23.4 Å². The predicted molar refractivity (Wildman–Crippen MR) is 97.4 cm³/mol. The number of hydrogen-bond donors (Lipinski definition) is 1. The zero-order valence-corrected chi connectivity index (χ0v) is 14.8. The second-order valence-electron chi connectivity index (χ2n) is 5.88. The lowest BCUT2D eigenvalue weighted by Crippen LogP contribution is -2.35. The zero-order chi connectivity index (χ0) is 19.9. The van der Waals surface area contributed by atoms with E-state index in [2.05, 4.69) is 10.3 Å². The first kappa shape index (κ1) is 19.2. The van der Waals surface area contributed by atoms with Crippen molar-refractivity contribution in [1.29, 1.82) is 0 Å². The zero-order valence-electron chi connectivity index (χ0n) is 14.8. The van der Waals surface area contributed by atoms with E-state index >= 15 is 0 Å². The van der Waals surface area contributed by atoms with E-state index in [-0.39, 0.29) is 31.0 Å². The average molecular weight is 385 g/mol. The molecule has 0 bridgehead atoms. The lowest BCUT2D eigenvalue weighted by molar-refractivity contribution is -0.118. The second kappa shape index (κ2) is 8.90. The third kappa shape index (κ3) is 4.79. The van der Waals surface area contributed by atoms with Crippen LogP contribution in [0.4, 0.5) is 14.5 Å². The first-order chi connectivity index (χ1) is 13.5. The summed E-state index contributed by atoms with van der Waals surface area (Å²) in [6.07, 6.45) is 2.84. The minimum Gasteiger partial charge on any atom is -0.459 e. The molecule has 0 unspecified atom stereocenters. The summed E-state index contributed by atoms with van der Waals surface area (Å²) in [4.78, 5) is 29.9. The molecule has 2 heterocycles. The molecule has 0 aliphatic heterocycles. The molecule has 28 heavy (non-hydrogen) atoms. The highest BCUT2D eigenvalue weighted by Crippen LogP contribution is 2.22. The van der Waals surface area contributed by atoms with Gasteiger partial charge in [0.05, 0.1) is 24.2 Å². The van der Waals surface area contributed by atoms with Crippen molar-refractivity contribution >= 4 is 17.5 Å². The van der Waals surface area contributed by atoms with Gasteiger partial charge in [-0.1, -0.05) is 6.07 Å². The second-order valence-corrected chi connectivity index (χ2v) is 5.88. The fourth-order valence-corrected chi connectivity index (χ4v) is 2.57. The van der Waals surface area contributed by atoms with Crippen molar-refractivity contribution in [3.8, 4) is 0 Å². The fourth-order valence-electron chi connectivity index (χ4n) is 2.57. The van der Waals surface area contributed by atoms with Gasteiger partial charge < -0.3 is 14.6 Å². The molecule has 0 saturated carbocycles. The molecular formula is C20H17F2N3O3. The Morgan fingerprint density at radius 1 is 1.11 bits per heavy atom. The van der Waals surface area contributed by atoms with E-state index in [1.807, 2.05) is 0 Å². The summed E-state index contributed by atoms with van der Waals surface area (Å²) in [5, 5.41) is 2.56. The molecule has 144 valence electrons. The molecule has 0 radical (unpaired) electrons. The molecule has 0 fully saturated rings. The van der Waals surface area contributed by atoms with Crippen molar-refractivity contribution in [1.82, 2.24) is 10.3 Å². The normalized spacial score (nSPS) is 10.5. The maximum absolute atomic E-state index is 14.3. The van der Waals surface area contributed by atoms with Crippen molar-refractivity contribution in [2.45, 2.75) is 13.0 Å². The van der Waals surface area contributed by atoms with Crippen molar-refractivity contribution in [2.75, 3.05) is 11.4 Å². The highest BCUT2D eigenvalue weighted by Gasteiger charge is 2.21. The number of nitrogens with one attached hydrogen (secondary N) is 1. The van der Waals surface area contributed by atoms with Gasteiger partial charge in [0, 0.05) is 25.2 Å². The first-order valence-corrected chi connectivity index (χ1v) is 8.51. The van der Waals surface area contributed by atoms with Gasteiger partial charge in [-0.05, 0) is 36.4 Å². The Morgan fingerprint density at radius 2 is 1.96 bits per heavy atom. The van der Waals surface area contributed by atoms with Gasteiger partial charge in [-0.15, -0.1) is 0 Å². The molecule has 3 rings (SSSR count). The lowest BCUT2D eigenvalue weighted by atomic mass is 10.2. The smallest absolute Gasteiger partial charge is 0.286 e. The van der Waals surface area contributed by atoms with Crippen molar-refractivity contribution < 1.29 is 22.8 Å². The van der Waals surface area contributed by atoms with E-state index in [4.69, 9.17) is 4.42 Å². The van der Waals surface area contributed by atoms with Gasteiger partial charge in [0.15, 0.2) is 5.76 Å². The Labute approximate surface area is 159 Å². The molecule has 1 aromatic carbocycles. The molecule has 0 aliphatic carbocycles. The van der Waals surface area contributed by atoms with E-state index in [1.165, 1.54) is 23.3 Å². The molecule has 0 saturated heterocycles. The van der Waals surface area contributed by atoms with Crippen LogP contribution in [-0.2, 0) is 11.3 Å². The molecule has 0 spiro atoms. The molecule has 3 aromatic rings. The minimum absolute atomic E-state index is 0.00829. The van der Waals surface area contributed by atoms with Crippen LogP contribution in [0.25, 0.3) is 0 Å². The number of carbonyl (C=O) groups excluding carboxylic acids is 2. The van der Waals surface area contributed by atoms with Crippen molar-refractivity contribution in [2.24, 2.45) is 0 Å². The van der Waals surface area contributed by atoms with Crippen LogP contribution in [0.3, 0.4) is 0 Å². The largest absolute Gasteiger partial charge is 0.459 e. The Balaban J connectivity index is 1.72. The maximum atomic E-state index is 14.3. The number of rotatable bonds is 7. The highest BCUT2D eigenvalue weighted by atomic mass is 19.1. The lowest BCUT2D eigenvalue weighted by Gasteiger charge is -2.23. The summed E-state index contributed by atoms with van der Waals surface area (Å²) < 4.78 is 32.5. The molecule has 6 nitrogen and oxygen atoms in total. The number of furan rings is 1. The molecular weight excluding hydrogens is 368 g/mol. The van der Waals surface area contributed by atoms with Crippen molar-refractivity contribution in [3.63, 3.8) is 0 Å². The predicted octanol–water partition coefficient (Wildman–Crippen LogP) is 3.31. The Morgan fingerprint density at radius 3 is 2.64 bits per heavy atom. The fraction of sp³-hybridized carbons (Fsp3) is 0.150. The van der Waals surface area contributed by atoms with Gasteiger partial charge >= 0.3 is 0 Å². The van der Waals surface area contributed by atoms with E-state index in [1.54, 1.807) is 30.5 Å². The van der Waals surface area contributed by atoms with Gasteiger partial charge in [-0.3, -0.25) is 14.6 Å². The summed E-state index contributed by atoms with van der Waals surface area (Å²) >= 11 is 0. The monoisotopic (exact) mass is 385 g/mol. The summed E-state index contributed by atoms with van der Waals surface area (Å²) in [7, 11) is 0. The molecule has 2 amide bonds. The van der Waals surface area contributed by atoms with E-state index in [0.717, 1.165) is 6.07 Å².